The van der Waals surface area contributed by atoms with Crippen molar-refractivity contribution in [2.24, 2.45) is 7.05 Å². The van der Waals surface area contributed by atoms with Crippen LogP contribution in [0.4, 0.5) is 8.78 Å². The Morgan fingerprint density at radius 1 is 1.29 bits per heavy atom. The van der Waals surface area contributed by atoms with Crippen molar-refractivity contribution in [3.8, 4) is 22.8 Å². The Balaban J connectivity index is 1.74. The van der Waals surface area contributed by atoms with E-state index >= 15 is 0 Å². The average molecular weight is 493 g/mol. The number of hydrogen-bond donors (Lipinski definition) is 0. The van der Waals surface area contributed by atoms with Crippen LogP contribution in [0.25, 0.3) is 38.9 Å². The SMILES string of the molecule is C=CC(=O)N1CCn2nc(-c3nc(-c4cn(C)cn4)c4ccsc4c3C=C(F)/C=C/F)cc2C1C. The second-order valence-corrected chi connectivity index (χ2v) is 9.14. The molecule has 5 rings (SSSR count). The lowest BCUT2D eigenvalue weighted by atomic mass is 10.0. The number of carbonyl (C=O) groups is 1. The van der Waals surface area contributed by atoms with Crippen LogP contribution < -0.4 is 0 Å². The van der Waals surface area contributed by atoms with Crippen molar-refractivity contribution in [2.75, 3.05) is 6.54 Å². The van der Waals surface area contributed by atoms with E-state index < -0.39 is 5.83 Å². The zero-order valence-corrected chi connectivity index (χ0v) is 20.0. The summed E-state index contributed by atoms with van der Waals surface area (Å²) >= 11 is 1.44. The fraction of sp³-hybridized carbons (Fsp3) is 0.200. The predicted octanol–water partition coefficient (Wildman–Crippen LogP) is 5.44. The molecule has 1 unspecified atom stereocenters. The molecule has 1 aliphatic heterocycles. The number of hydrogen-bond acceptors (Lipinski definition) is 5. The number of amides is 1. The summed E-state index contributed by atoms with van der Waals surface area (Å²) in [7, 11) is 1.87. The van der Waals surface area contributed by atoms with Crippen molar-refractivity contribution in [1.29, 1.82) is 0 Å². The molecule has 0 saturated heterocycles. The fourth-order valence-corrected chi connectivity index (χ4v) is 5.30. The summed E-state index contributed by atoms with van der Waals surface area (Å²) in [5.41, 5.74) is 3.67. The highest BCUT2D eigenvalue weighted by Gasteiger charge is 2.29. The maximum atomic E-state index is 14.5. The summed E-state index contributed by atoms with van der Waals surface area (Å²) in [6.45, 7) is 6.53. The Kier molecular flexibility index (Phi) is 5.89. The van der Waals surface area contributed by atoms with Crippen LogP contribution in [-0.2, 0) is 18.4 Å². The number of thiophene rings is 1. The van der Waals surface area contributed by atoms with E-state index in [-0.39, 0.29) is 18.3 Å². The molecule has 5 heterocycles. The Labute approximate surface area is 204 Å². The molecule has 0 fully saturated rings. The molecule has 0 saturated carbocycles. The third-order valence-electron chi connectivity index (χ3n) is 6.06. The largest absolute Gasteiger partial charge is 0.340 e. The Morgan fingerprint density at radius 2 is 2.11 bits per heavy atom. The van der Waals surface area contributed by atoms with Crippen molar-refractivity contribution in [2.45, 2.75) is 19.5 Å². The first kappa shape index (κ1) is 22.9. The summed E-state index contributed by atoms with van der Waals surface area (Å²) < 4.78 is 31.7. The highest BCUT2D eigenvalue weighted by molar-refractivity contribution is 7.17. The number of pyridine rings is 1. The molecule has 1 aliphatic rings. The summed E-state index contributed by atoms with van der Waals surface area (Å²) in [6, 6.07) is 3.57. The third kappa shape index (κ3) is 3.99. The molecule has 10 heteroatoms. The van der Waals surface area contributed by atoms with Gasteiger partial charge >= 0.3 is 0 Å². The Bertz CT molecular complexity index is 1510. The van der Waals surface area contributed by atoms with Crippen LogP contribution in [0.1, 0.15) is 24.2 Å². The number of aromatic nitrogens is 5. The van der Waals surface area contributed by atoms with Gasteiger partial charge in [-0.25, -0.2) is 18.7 Å². The lowest BCUT2D eigenvalue weighted by Crippen LogP contribution is -2.40. The third-order valence-corrected chi connectivity index (χ3v) is 7.00. The minimum Gasteiger partial charge on any atom is -0.340 e. The first-order valence-corrected chi connectivity index (χ1v) is 11.8. The maximum absolute atomic E-state index is 14.5. The number of carbonyl (C=O) groups excluding carboxylic acids is 1. The first-order chi connectivity index (χ1) is 16.9. The van der Waals surface area contributed by atoms with E-state index in [0.29, 0.717) is 41.4 Å². The molecule has 7 nitrogen and oxygen atoms in total. The molecule has 35 heavy (non-hydrogen) atoms. The van der Waals surface area contributed by atoms with Gasteiger partial charge in [-0.15, -0.1) is 11.3 Å². The summed E-state index contributed by atoms with van der Waals surface area (Å²) in [6.07, 6.45) is 7.05. The van der Waals surface area contributed by atoms with E-state index in [1.54, 1.807) is 11.2 Å². The maximum Gasteiger partial charge on any atom is 0.246 e. The number of imidazole rings is 1. The lowest BCUT2D eigenvalue weighted by Gasteiger charge is -2.33. The molecule has 0 N–H and O–H groups in total. The van der Waals surface area contributed by atoms with Crippen LogP contribution in [0.2, 0.25) is 0 Å². The van der Waals surface area contributed by atoms with Gasteiger partial charge in [0.25, 0.3) is 0 Å². The van der Waals surface area contributed by atoms with E-state index in [0.717, 1.165) is 21.9 Å². The van der Waals surface area contributed by atoms with E-state index in [9.17, 15) is 13.6 Å². The van der Waals surface area contributed by atoms with Crippen molar-refractivity contribution >= 4 is 33.4 Å². The Morgan fingerprint density at radius 3 is 2.83 bits per heavy atom. The van der Waals surface area contributed by atoms with E-state index in [4.69, 9.17) is 10.1 Å². The molecule has 0 aliphatic carbocycles. The van der Waals surface area contributed by atoms with Gasteiger partial charge in [0.2, 0.25) is 5.91 Å². The van der Waals surface area contributed by atoms with Crippen LogP contribution in [0, 0.1) is 0 Å². The number of halogens is 2. The van der Waals surface area contributed by atoms with E-state index in [1.165, 1.54) is 23.5 Å². The summed E-state index contributed by atoms with van der Waals surface area (Å²) in [5, 5.41) is 7.49. The molecular formula is C25H22F2N6OS. The van der Waals surface area contributed by atoms with Gasteiger partial charge in [-0.3, -0.25) is 9.48 Å². The van der Waals surface area contributed by atoms with Gasteiger partial charge in [0.15, 0.2) is 0 Å². The lowest BCUT2D eigenvalue weighted by molar-refractivity contribution is -0.129. The molecule has 0 radical (unpaired) electrons. The quantitative estimate of drug-likeness (QED) is 0.275. The Hall–Kier alpha value is -3.92. The monoisotopic (exact) mass is 492 g/mol. The summed E-state index contributed by atoms with van der Waals surface area (Å²) in [5.74, 6) is -0.887. The minimum atomic E-state index is -0.740. The second kappa shape index (κ2) is 9.03. The van der Waals surface area contributed by atoms with Crippen molar-refractivity contribution in [1.82, 2.24) is 29.2 Å². The van der Waals surface area contributed by atoms with Gasteiger partial charge in [-0.05, 0) is 36.6 Å². The molecule has 4 aromatic heterocycles. The second-order valence-electron chi connectivity index (χ2n) is 8.22. The number of aryl methyl sites for hydroxylation is 1. The number of fused-ring (bicyclic) bond motifs is 2. The standard InChI is InChI=1S/C25H22F2N6OS/c1-4-22(34)32-8-9-33-21(15(32)2)12-19(30-33)24-18(11-16(27)5-7-26)25-17(6-10-35-25)23(29-24)20-13-31(3)14-28-20/h4-7,10-15H,1,8-9H2,2-3H3/b7-5+,16-11?. The van der Waals surface area contributed by atoms with Gasteiger partial charge in [0, 0.05) is 41.5 Å². The normalized spacial score (nSPS) is 16.3. The first-order valence-electron chi connectivity index (χ1n) is 11.0. The number of nitrogens with zero attached hydrogens (tertiary/aromatic N) is 6. The molecule has 0 aromatic carbocycles. The minimum absolute atomic E-state index is 0.147. The zero-order valence-electron chi connectivity index (χ0n) is 19.2. The van der Waals surface area contributed by atoms with Crippen LogP contribution in [0.5, 0.6) is 0 Å². The van der Waals surface area contributed by atoms with Crippen LogP contribution in [-0.4, -0.2) is 41.7 Å². The van der Waals surface area contributed by atoms with Crippen LogP contribution in [0.3, 0.4) is 0 Å². The molecule has 0 bridgehead atoms. The fourth-order valence-electron chi connectivity index (χ4n) is 4.39. The predicted molar refractivity (Wildman–Crippen MR) is 133 cm³/mol. The molecule has 0 spiro atoms. The molecule has 1 atom stereocenters. The van der Waals surface area contributed by atoms with E-state index in [1.807, 2.05) is 46.9 Å². The average Bonchev–Trinajstić information content (AvgIpc) is 3.59. The van der Waals surface area contributed by atoms with Crippen LogP contribution >= 0.6 is 11.3 Å². The van der Waals surface area contributed by atoms with E-state index in [2.05, 4.69) is 11.6 Å². The molecule has 1 amide bonds. The van der Waals surface area contributed by atoms with Crippen molar-refractivity contribution < 1.29 is 13.6 Å². The molecular weight excluding hydrogens is 470 g/mol. The van der Waals surface area contributed by atoms with Gasteiger partial charge in [0.05, 0.1) is 36.6 Å². The highest BCUT2D eigenvalue weighted by Crippen LogP contribution is 2.39. The number of rotatable bonds is 5. The summed E-state index contributed by atoms with van der Waals surface area (Å²) in [4.78, 5) is 23.4. The van der Waals surface area contributed by atoms with Gasteiger partial charge in [-0.2, -0.15) is 5.10 Å². The number of allylic oxidation sites excluding steroid dienone is 2. The zero-order chi connectivity index (χ0) is 24.7. The van der Waals surface area contributed by atoms with Crippen molar-refractivity contribution in [3.05, 3.63) is 72.2 Å². The molecule has 4 aromatic rings. The topological polar surface area (TPSA) is 68.8 Å². The highest BCUT2D eigenvalue weighted by atomic mass is 32.1. The van der Waals surface area contributed by atoms with Crippen molar-refractivity contribution in [3.63, 3.8) is 0 Å². The van der Waals surface area contributed by atoms with Gasteiger partial charge in [0.1, 0.15) is 22.9 Å². The van der Waals surface area contributed by atoms with Gasteiger partial charge in [-0.1, -0.05) is 6.58 Å². The smallest absolute Gasteiger partial charge is 0.246 e. The van der Waals surface area contributed by atoms with Crippen LogP contribution in [0.15, 0.2) is 60.9 Å². The molecule has 178 valence electrons. The van der Waals surface area contributed by atoms with Gasteiger partial charge < -0.3 is 9.47 Å².